The fourth-order valence-corrected chi connectivity index (χ4v) is 1.70. The normalized spacial score (nSPS) is 17.1. The van der Waals surface area contributed by atoms with Gasteiger partial charge in [-0.2, -0.15) is 0 Å². The summed E-state index contributed by atoms with van der Waals surface area (Å²) < 4.78 is 17.8. The Morgan fingerprint density at radius 3 is 2.13 bits per heavy atom. The minimum Gasteiger partial charge on any atom is -0.202 e. The number of hydrogen-bond donors (Lipinski definition) is 0. The first-order chi connectivity index (χ1) is 8.25. The van der Waals surface area contributed by atoms with Gasteiger partial charge >= 0.3 is 0 Å². The van der Waals surface area contributed by atoms with Crippen LogP contribution in [0.15, 0.2) is 54.8 Å². The molecule has 74 valence electrons. The minimum atomic E-state index is 0.389. The van der Waals surface area contributed by atoms with E-state index in [0.717, 1.165) is 24.0 Å². The van der Waals surface area contributed by atoms with Crippen molar-refractivity contribution in [2.75, 3.05) is 0 Å². The molecule has 0 atom stereocenters. The Kier molecular flexibility index (Phi) is 1.58. The molecule has 0 amide bonds. The number of benzene rings is 1. The van der Waals surface area contributed by atoms with Crippen molar-refractivity contribution in [3.8, 4) is 11.1 Å². The van der Waals surface area contributed by atoms with Crippen LogP contribution in [0, 0.1) is 0 Å². The fourth-order valence-electron chi connectivity index (χ4n) is 1.70. The Morgan fingerprint density at radius 1 is 0.933 bits per heavy atom. The van der Waals surface area contributed by atoms with Gasteiger partial charge in [-0.1, -0.05) is 30.3 Å². The quantitative estimate of drug-likeness (QED) is 0.653. The van der Waals surface area contributed by atoms with E-state index in [1.807, 2.05) is 47.0 Å². The lowest BCUT2D eigenvalue weighted by molar-refractivity contribution is -0.700. The second-order valence-electron chi connectivity index (χ2n) is 3.97. The molecule has 0 saturated heterocycles. The highest BCUT2D eigenvalue weighted by Gasteiger charge is 2.30. The molecule has 1 heterocycles. The number of pyridine rings is 1. The summed E-state index contributed by atoms with van der Waals surface area (Å²) in [4.78, 5) is 0. The predicted octanol–water partition coefficient (Wildman–Crippen LogP) is 2.98. The van der Waals surface area contributed by atoms with E-state index in [0.29, 0.717) is 18.4 Å². The molecule has 1 aromatic carbocycles. The maximum atomic E-state index is 8.02. The molecule has 2 aromatic rings. The molecule has 0 bridgehead atoms. The van der Waals surface area contributed by atoms with Gasteiger partial charge in [-0.25, -0.2) is 4.57 Å². The lowest BCUT2D eigenvalue weighted by atomic mass is 10.1. The summed E-state index contributed by atoms with van der Waals surface area (Å²) in [6, 6.07) is 14.0. The predicted molar refractivity (Wildman–Crippen MR) is 60.3 cm³/mol. The van der Waals surface area contributed by atoms with Gasteiger partial charge in [0.15, 0.2) is 18.4 Å². The summed E-state index contributed by atoms with van der Waals surface area (Å²) in [6.07, 6.45) is 3.10. The molecule has 1 aromatic heterocycles. The Balaban J connectivity index is 2.08. The summed E-state index contributed by atoms with van der Waals surface area (Å²) in [5.74, 6) is 0. The van der Waals surface area contributed by atoms with Gasteiger partial charge in [0.25, 0.3) is 0 Å². The zero-order valence-corrected chi connectivity index (χ0v) is 8.48. The van der Waals surface area contributed by atoms with E-state index >= 15 is 0 Å². The SMILES string of the molecule is [2H]c1cc(-c2ccccc2)cc([2H])[n+]1C1CC1. The van der Waals surface area contributed by atoms with Crippen LogP contribution in [-0.2, 0) is 0 Å². The molecule has 3 rings (SSSR count). The Labute approximate surface area is 92.8 Å². The van der Waals surface area contributed by atoms with E-state index in [1.165, 1.54) is 0 Å². The molecular weight excluding hydrogens is 182 g/mol. The molecule has 0 unspecified atom stereocenters. The Bertz CT molecular complexity index is 524. The van der Waals surface area contributed by atoms with Crippen molar-refractivity contribution >= 4 is 0 Å². The van der Waals surface area contributed by atoms with Crippen LogP contribution in [-0.4, -0.2) is 0 Å². The van der Waals surface area contributed by atoms with Crippen molar-refractivity contribution in [1.82, 2.24) is 0 Å². The van der Waals surface area contributed by atoms with E-state index in [1.54, 1.807) is 0 Å². The molecule has 0 radical (unpaired) electrons. The summed E-state index contributed by atoms with van der Waals surface area (Å²) in [5.41, 5.74) is 2.02. The molecule has 0 N–H and O–H groups in total. The van der Waals surface area contributed by atoms with Crippen LogP contribution in [0.1, 0.15) is 21.6 Å². The van der Waals surface area contributed by atoms with Gasteiger partial charge < -0.3 is 0 Å². The van der Waals surface area contributed by atoms with Crippen LogP contribution in [0.3, 0.4) is 0 Å². The van der Waals surface area contributed by atoms with Crippen molar-refractivity contribution in [3.05, 3.63) is 54.8 Å². The van der Waals surface area contributed by atoms with E-state index in [2.05, 4.69) is 0 Å². The van der Waals surface area contributed by atoms with Crippen molar-refractivity contribution in [2.45, 2.75) is 18.9 Å². The number of aromatic nitrogens is 1. The summed E-state index contributed by atoms with van der Waals surface area (Å²) >= 11 is 0. The van der Waals surface area contributed by atoms with Crippen molar-refractivity contribution in [3.63, 3.8) is 0 Å². The van der Waals surface area contributed by atoms with Gasteiger partial charge in [-0.3, -0.25) is 0 Å². The van der Waals surface area contributed by atoms with E-state index in [4.69, 9.17) is 2.74 Å². The van der Waals surface area contributed by atoms with Gasteiger partial charge in [0.05, 0.1) is 0 Å². The van der Waals surface area contributed by atoms with Gasteiger partial charge in [0.2, 0.25) is 0 Å². The lowest BCUT2D eigenvalue weighted by Gasteiger charge is -1.99. The first-order valence-electron chi connectivity index (χ1n) is 6.34. The smallest absolute Gasteiger partial charge is 0.169 e. The lowest BCUT2D eigenvalue weighted by Crippen LogP contribution is -2.30. The van der Waals surface area contributed by atoms with Crippen molar-refractivity contribution in [2.24, 2.45) is 0 Å². The molecule has 15 heavy (non-hydrogen) atoms. The van der Waals surface area contributed by atoms with Crippen LogP contribution in [0.4, 0.5) is 0 Å². The highest BCUT2D eigenvalue weighted by Crippen LogP contribution is 2.29. The Morgan fingerprint density at radius 2 is 1.53 bits per heavy atom. The van der Waals surface area contributed by atoms with Gasteiger partial charge in [-0.05, 0) is 11.1 Å². The van der Waals surface area contributed by atoms with Gasteiger partial charge in [-0.15, -0.1) is 0 Å². The maximum absolute atomic E-state index is 8.02. The molecule has 0 spiro atoms. The minimum absolute atomic E-state index is 0.389. The number of rotatable bonds is 2. The molecular formula is C14H14N+. The van der Waals surface area contributed by atoms with E-state index < -0.39 is 0 Å². The van der Waals surface area contributed by atoms with Crippen molar-refractivity contribution < 1.29 is 7.31 Å². The van der Waals surface area contributed by atoms with Crippen molar-refractivity contribution in [1.29, 1.82) is 0 Å². The topological polar surface area (TPSA) is 3.88 Å². The number of hydrogen-bond acceptors (Lipinski definition) is 0. The molecule has 1 aliphatic rings. The highest BCUT2D eigenvalue weighted by atomic mass is 15.0. The monoisotopic (exact) mass is 198 g/mol. The van der Waals surface area contributed by atoms with E-state index in [-0.39, 0.29) is 0 Å². The maximum Gasteiger partial charge on any atom is 0.169 e. The first-order valence-corrected chi connectivity index (χ1v) is 5.34. The zero-order chi connectivity index (χ0) is 11.8. The second kappa shape index (κ2) is 3.50. The average Bonchev–Trinajstić information content (AvgIpc) is 3.14. The molecule has 1 saturated carbocycles. The fraction of sp³-hybridized carbons (Fsp3) is 0.214. The zero-order valence-electron chi connectivity index (χ0n) is 10.5. The molecule has 1 heteroatoms. The molecule has 0 aliphatic heterocycles. The third kappa shape index (κ3) is 1.78. The summed E-state index contributed by atoms with van der Waals surface area (Å²) in [7, 11) is 0. The average molecular weight is 198 g/mol. The van der Waals surface area contributed by atoms with Crippen LogP contribution in [0.5, 0.6) is 0 Å². The second-order valence-corrected chi connectivity index (χ2v) is 3.97. The molecule has 1 aliphatic carbocycles. The van der Waals surface area contributed by atoms with Crippen LogP contribution in [0.25, 0.3) is 11.1 Å². The van der Waals surface area contributed by atoms with Gasteiger partial charge in [0.1, 0.15) is 2.74 Å². The van der Waals surface area contributed by atoms with E-state index in [9.17, 15) is 0 Å². The van der Waals surface area contributed by atoms with Crippen LogP contribution in [0.2, 0.25) is 0 Å². The molecule has 1 fully saturated rings. The summed E-state index contributed by atoms with van der Waals surface area (Å²) in [5, 5.41) is 0. The Hall–Kier alpha value is -1.63. The largest absolute Gasteiger partial charge is 0.202 e. The third-order valence-electron chi connectivity index (χ3n) is 2.74. The summed E-state index contributed by atoms with van der Waals surface area (Å²) in [6.45, 7) is 0. The number of nitrogens with zero attached hydrogens (tertiary/aromatic N) is 1. The highest BCUT2D eigenvalue weighted by molar-refractivity contribution is 5.61. The standard InChI is InChI=1S/C14H14N/c1-2-4-12(5-3-1)13-8-10-15(11-9-13)14-6-7-14/h1-5,8-11,14H,6-7H2/q+1/i10D,11D. The van der Waals surface area contributed by atoms with Crippen LogP contribution >= 0.6 is 0 Å². The van der Waals surface area contributed by atoms with Crippen LogP contribution < -0.4 is 4.57 Å². The van der Waals surface area contributed by atoms with Gasteiger partial charge in [0, 0.05) is 25.0 Å². The third-order valence-corrected chi connectivity index (χ3v) is 2.74. The first kappa shape index (κ1) is 6.78. The molecule has 1 nitrogen and oxygen atoms in total.